The standard InChI is InChI=1S/C21H31N7O2/c1-4-5-6-9-28-13-25-17-18(23-11-14-10-15(22)7-8-16(14)29)26-20(27-19(17)28)24-12-21(2,3)30/h7-8,10,13,29-30H,4-6,9,11-12,22H2,1-3H3,(H2,23,24,26,27). The lowest BCUT2D eigenvalue weighted by Gasteiger charge is -2.18. The zero-order valence-electron chi connectivity index (χ0n) is 17.8. The second-order valence-corrected chi connectivity index (χ2v) is 8.12. The highest BCUT2D eigenvalue weighted by atomic mass is 16.3. The highest BCUT2D eigenvalue weighted by Crippen LogP contribution is 2.25. The first-order valence-corrected chi connectivity index (χ1v) is 10.3. The van der Waals surface area contributed by atoms with Gasteiger partial charge in [-0.25, -0.2) is 4.98 Å². The average molecular weight is 414 g/mol. The van der Waals surface area contributed by atoms with Gasteiger partial charge >= 0.3 is 0 Å². The summed E-state index contributed by atoms with van der Waals surface area (Å²) in [6, 6.07) is 4.94. The maximum absolute atomic E-state index is 10.1. The Balaban J connectivity index is 1.90. The summed E-state index contributed by atoms with van der Waals surface area (Å²) in [6.45, 7) is 7.06. The molecule has 0 bridgehead atoms. The van der Waals surface area contributed by atoms with Crippen LogP contribution in [0, 0.1) is 0 Å². The van der Waals surface area contributed by atoms with Crippen molar-refractivity contribution in [2.24, 2.45) is 0 Å². The molecule has 0 atom stereocenters. The fourth-order valence-corrected chi connectivity index (χ4v) is 3.06. The quantitative estimate of drug-likeness (QED) is 0.194. The third-order valence-electron chi connectivity index (χ3n) is 4.70. The number of nitrogen functional groups attached to an aromatic ring is 1. The number of aromatic nitrogens is 4. The van der Waals surface area contributed by atoms with Crippen molar-refractivity contribution in [2.75, 3.05) is 22.9 Å². The summed E-state index contributed by atoms with van der Waals surface area (Å²) in [4.78, 5) is 13.7. The molecule has 0 fully saturated rings. The second kappa shape index (κ2) is 9.17. The van der Waals surface area contributed by atoms with Crippen LogP contribution in [0.2, 0.25) is 0 Å². The van der Waals surface area contributed by atoms with Crippen molar-refractivity contribution in [3.8, 4) is 5.75 Å². The number of phenolic OH excluding ortho intramolecular Hbond substituents is 1. The van der Waals surface area contributed by atoms with Crippen LogP contribution in [0.1, 0.15) is 45.6 Å². The number of fused-ring (bicyclic) bond motifs is 1. The van der Waals surface area contributed by atoms with Gasteiger partial charge in [-0.05, 0) is 38.5 Å². The van der Waals surface area contributed by atoms with Gasteiger partial charge in [-0.15, -0.1) is 0 Å². The van der Waals surface area contributed by atoms with Crippen molar-refractivity contribution in [1.29, 1.82) is 0 Å². The van der Waals surface area contributed by atoms with Gasteiger partial charge in [-0.2, -0.15) is 9.97 Å². The molecule has 2 aromatic heterocycles. The van der Waals surface area contributed by atoms with Gasteiger partial charge in [0.2, 0.25) is 5.95 Å². The molecular formula is C21H31N7O2. The number of imidazole rings is 1. The zero-order valence-corrected chi connectivity index (χ0v) is 17.8. The fourth-order valence-electron chi connectivity index (χ4n) is 3.06. The van der Waals surface area contributed by atoms with E-state index in [1.165, 1.54) is 0 Å². The molecule has 0 aliphatic carbocycles. The van der Waals surface area contributed by atoms with Crippen LogP contribution in [-0.4, -0.2) is 41.9 Å². The third-order valence-corrected chi connectivity index (χ3v) is 4.70. The molecule has 6 N–H and O–H groups in total. The van der Waals surface area contributed by atoms with Crippen molar-refractivity contribution in [2.45, 2.75) is 58.7 Å². The van der Waals surface area contributed by atoms with Gasteiger partial charge in [-0.1, -0.05) is 19.8 Å². The normalized spacial score (nSPS) is 11.7. The predicted octanol–water partition coefficient (Wildman–Crippen LogP) is 3.10. The van der Waals surface area contributed by atoms with Crippen molar-refractivity contribution in [3.63, 3.8) is 0 Å². The molecule has 162 valence electrons. The number of nitrogens with one attached hydrogen (secondary N) is 2. The first-order valence-electron chi connectivity index (χ1n) is 10.3. The number of rotatable bonds is 10. The molecule has 2 heterocycles. The molecule has 0 radical (unpaired) electrons. The number of nitrogens with zero attached hydrogens (tertiary/aromatic N) is 4. The topological polar surface area (TPSA) is 134 Å². The summed E-state index contributed by atoms with van der Waals surface area (Å²) >= 11 is 0. The van der Waals surface area contributed by atoms with Crippen LogP contribution in [0.4, 0.5) is 17.5 Å². The fraction of sp³-hybridized carbons (Fsp3) is 0.476. The van der Waals surface area contributed by atoms with E-state index in [0.29, 0.717) is 41.6 Å². The molecule has 0 aliphatic heterocycles. The van der Waals surface area contributed by atoms with Crippen LogP contribution in [-0.2, 0) is 13.1 Å². The summed E-state index contributed by atoms with van der Waals surface area (Å²) in [5, 5.41) is 26.5. The van der Waals surface area contributed by atoms with Crippen LogP contribution in [0.25, 0.3) is 11.2 Å². The van der Waals surface area contributed by atoms with E-state index in [1.54, 1.807) is 38.4 Å². The Hall–Kier alpha value is -3.07. The Morgan fingerprint density at radius 1 is 1.17 bits per heavy atom. The molecule has 0 amide bonds. The maximum Gasteiger partial charge on any atom is 0.226 e. The smallest absolute Gasteiger partial charge is 0.226 e. The molecule has 3 aromatic rings. The Morgan fingerprint density at radius 2 is 1.97 bits per heavy atom. The highest BCUT2D eigenvalue weighted by Gasteiger charge is 2.17. The molecule has 30 heavy (non-hydrogen) atoms. The van der Waals surface area contributed by atoms with E-state index in [2.05, 4.69) is 32.5 Å². The number of aryl methyl sites for hydroxylation is 1. The van der Waals surface area contributed by atoms with Gasteiger partial charge in [0.1, 0.15) is 5.75 Å². The number of phenols is 1. The maximum atomic E-state index is 10.1. The van der Waals surface area contributed by atoms with Crippen LogP contribution in [0.5, 0.6) is 5.75 Å². The average Bonchev–Trinajstić information content (AvgIpc) is 3.10. The van der Waals surface area contributed by atoms with Gasteiger partial charge in [-0.3, -0.25) is 0 Å². The van der Waals surface area contributed by atoms with Crippen molar-refractivity contribution >= 4 is 28.6 Å². The minimum Gasteiger partial charge on any atom is -0.508 e. The summed E-state index contributed by atoms with van der Waals surface area (Å²) < 4.78 is 2.02. The minimum absolute atomic E-state index is 0.160. The van der Waals surface area contributed by atoms with E-state index in [0.717, 1.165) is 31.5 Å². The van der Waals surface area contributed by atoms with E-state index in [4.69, 9.17) is 5.73 Å². The van der Waals surface area contributed by atoms with Crippen LogP contribution >= 0.6 is 0 Å². The van der Waals surface area contributed by atoms with Crippen molar-refractivity contribution in [3.05, 3.63) is 30.1 Å². The number of aliphatic hydroxyl groups is 1. The third kappa shape index (κ3) is 5.50. The van der Waals surface area contributed by atoms with Crippen molar-refractivity contribution in [1.82, 2.24) is 19.5 Å². The van der Waals surface area contributed by atoms with Crippen molar-refractivity contribution < 1.29 is 10.2 Å². The van der Waals surface area contributed by atoms with E-state index in [1.807, 2.05) is 4.57 Å². The monoisotopic (exact) mass is 413 g/mol. The molecule has 0 spiro atoms. The van der Waals surface area contributed by atoms with E-state index in [9.17, 15) is 10.2 Å². The summed E-state index contributed by atoms with van der Waals surface area (Å²) in [5.74, 6) is 1.11. The second-order valence-electron chi connectivity index (χ2n) is 8.12. The molecular weight excluding hydrogens is 382 g/mol. The number of benzene rings is 1. The molecule has 0 saturated heterocycles. The van der Waals surface area contributed by atoms with E-state index >= 15 is 0 Å². The Labute approximate surface area is 176 Å². The number of nitrogens with two attached hydrogens (primary N) is 1. The van der Waals surface area contributed by atoms with Crippen LogP contribution in [0.3, 0.4) is 0 Å². The Bertz CT molecular complexity index is 995. The highest BCUT2D eigenvalue weighted by molar-refractivity contribution is 5.84. The molecule has 0 aliphatic rings. The van der Waals surface area contributed by atoms with Crippen LogP contribution < -0.4 is 16.4 Å². The first kappa shape index (κ1) is 21.6. The lowest BCUT2D eigenvalue weighted by molar-refractivity contribution is 0.0943. The molecule has 3 rings (SSSR count). The molecule has 9 heteroatoms. The Morgan fingerprint density at radius 3 is 2.70 bits per heavy atom. The van der Waals surface area contributed by atoms with Gasteiger partial charge in [0.15, 0.2) is 17.0 Å². The largest absolute Gasteiger partial charge is 0.508 e. The number of aromatic hydroxyl groups is 1. The lowest BCUT2D eigenvalue weighted by Crippen LogP contribution is -2.30. The van der Waals surface area contributed by atoms with Crippen LogP contribution in [0.15, 0.2) is 24.5 Å². The summed E-state index contributed by atoms with van der Waals surface area (Å²) in [5.41, 5.74) is 7.55. The molecule has 1 aromatic carbocycles. The minimum atomic E-state index is -0.902. The SMILES string of the molecule is CCCCCn1cnc2c(NCc3cc(N)ccc3O)nc(NCC(C)(C)O)nc21. The van der Waals surface area contributed by atoms with Gasteiger partial charge in [0.25, 0.3) is 0 Å². The van der Waals surface area contributed by atoms with Gasteiger partial charge < -0.3 is 31.1 Å². The van der Waals surface area contributed by atoms with E-state index < -0.39 is 5.60 Å². The first-order chi connectivity index (χ1) is 14.3. The Kier molecular flexibility index (Phi) is 6.61. The predicted molar refractivity (Wildman–Crippen MR) is 119 cm³/mol. The number of hydrogen-bond acceptors (Lipinski definition) is 8. The number of anilines is 3. The zero-order chi connectivity index (χ0) is 21.7. The molecule has 0 saturated carbocycles. The number of unbranched alkanes of at least 4 members (excludes halogenated alkanes) is 2. The molecule has 0 unspecified atom stereocenters. The number of hydrogen-bond donors (Lipinski definition) is 5. The van der Waals surface area contributed by atoms with Gasteiger partial charge in [0.05, 0.1) is 11.9 Å². The lowest BCUT2D eigenvalue weighted by atomic mass is 10.1. The molecule has 9 nitrogen and oxygen atoms in total. The summed E-state index contributed by atoms with van der Waals surface area (Å²) in [7, 11) is 0. The van der Waals surface area contributed by atoms with Gasteiger partial charge in [0, 0.05) is 30.9 Å². The van der Waals surface area contributed by atoms with E-state index in [-0.39, 0.29) is 5.75 Å². The summed E-state index contributed by atoms with van der Waals surface area (Å²) in [6.07, 6.45) is 5.08.